The van der Waals surface area contributed by atoms with Crippen molar-refractivity contribution in [2.75, 3.05) is 6.61 Å². The lowest BCUT2D eigenvalue weighted by atomic mass is 9.74. The zero-order valence-corrected chi connectivity index (χ0v) is 32.2. The van der Waals surface area contributed by atoms with Gasteiger partial charge in [0.2, 0.25) is 17.3 Å². The van der Waals surface area contributed by atoms with Gasteiger partial charge in [0, 0.05) is 25.9 Å². The number of rotatable bonds is 27. The van der Waals surface area contributed by atoms with Crippen LogP contribution >= 0.6 is 0 Å². The summed E-state index contributed by atoms with van der Waals surface area (Å²) in [4.78, 5) is 50.2. The highest BCUT2D eigenvalue weighted by atomic mass is 16.8. The second-order valence-electron chi connectivity index (χ2n) is 15.1. The molecule has 54 heavy (non-hydrogen) atoms. The summed E-state index contributed by atoms with van der Waals surface area (Å²) in [5.41, 5.74) is -5.66. The molecule has 13 heteroatoms. The molecule has 2 aliphatic heterocycles. The van der Waals surface area contributed by atoms with E-state index in [4.69, 9.17) is 18.9 Å². The van der Waals surface area contributed by atoms with Gasteiger partial charge in [-0.1, -0.05) is 134 Å². The van der Waals surface area contributed by atoms with Crippen LogP contribution in [-0.4, -0.2) is 97.4 Å². The van der Waals surface area contributed by atoms with Crippen LogP contribution in [0.5, 0.6) is 0 Å². The highest BCUT2D eigenvalue weighted by Crippen LogP contribution is 2.56. The van der Waals surface area contributed by atoms with E-state index in [2.05, 4.69) is 13.5 Å². The van der Waals surface area contributed by atoms with Crippen LogP contribution in [0.15, 0.2) is 42.5 Å². The summed E-state index contributed by atoms with van der Waals surface area (Å²) in [5.74, 6) is -9.57. The molecule has 2 heterocycles. The molecule has 13 nitrogen and oxygen atoms in total. The number of carboxylic acid groups (broad SMARTS) is 3. The summed E-state index contributed by atoms with van der Waals surface area (Å²) in [6, 6.07) is 9.46. The van der Waals surface area contributed by atoms with E-state index >= 15 is 0 Å². The molecular formula is C41H62O13. The second-order valence-corrected chi connectivity index (χ2v) is 15.1. The smallest absolute Gasteiger partial charge is 0.343 e. The van der Waals surface area contributed by atoms with Crippen LogP contribution in [0.25, 0.3) is 0 Å². The minimum absolute atomic E-state index is 0.125. The average molecular weight is 763 g/mol. The second kappa shape index (κ2) is 21.1. The third-order valence-corrected chi connectivity index (χ3v) is 10.8. The quantitative estimate of drug-likeness (QED) is 0.0385. The minimum Gasteiger partial charge on any atom is -0.479 e. The first-order chi connectivity index (χ1) is 25.7. The van der Waals surface area contributed by atoms with Crippen LogP contribution in [-0.2, 0) is 44.5 Å². The number of unbranched alkanes of at least 4 members (excludes halogenated alkanes) is 13. The average Bonchev–Trinajstić information content (AvgIpc) is 3.34. The van der Waals surface area contributed by atoms with Gasteiger partial charge in [0.15, 0.2) is 5.79 Å². The summed E-state index contributed by atoms with van der Waals surface area (Å²) in [6.45, 7) is 9.27. The number of carbonyl (C=O) groups excluding carboxylic acids is 1. The van der Waals surface area contributed by atoms with Gasteiger partial charge in [-0.05, 0) is 30.4 Å². The van der Waals surface area contributed by atoms with Gasteiger partial charge >= 0.3 is 23.9 Å². The fraction of sp³-hybridized carbons (Fsp3) is 0.707. The lowest BCUT2D eigenvalue weighted by molar-refractivity contribution is -0.374. The minimum atomic E-state index is -3.70. The molecule has 304 valence electrons. The lowest BCUT2D eigenvalue weighted by Crippen LogP contribution is -2.78. The van der Waals surface area contributed by atoms with E-state index in [1.807, 2.05) is 37.3 Å². The molecule has 5 N–H and O–H groups in total. The number of aliphatic carboxylic acids is 3. The van der Waals surface area contributed by atoms with Crippen molar-refractivity contribution >= 4 is 23.9 Å². The number of benzene rings is 1. The summed E-state index contributed by atoms with van der Waals surface area (Å²) in [6.07, 6.45) is 7.78. The largest absolute Gasteiger partial charge is 0.479 e. The number of hydrogen-bond acceptors (Lipinski definition) is 10. The van der Waals surface area contributed by atoms with Crippen LogP contribution in [0, 0.1) is 5.92 Å². The van der Waals surface area contributed by atoms with Gasteiger partial charge < -0.3 is 44.5 Å². The van der Waals surface area contributed by atoms with Crippen molar-refractivity contribution in [3.05, 3.63) is 48.0 Å². The van der Waals surface area contributed by atoms with E-state index in [0.717, 1.165) is 31.2 Å². The van der Waals surface area contributed by atoms with Crippen LogP contribution in [0.1, 0.15) is 129 Å². The number of hydrogen-bond donors (Lipinski definition) is 5. The maximum absolute atomic E-state index is 13.0. The molecule has 0 amide bonds. The van der Waals surface area contributed by atoms with E-state index in [9.17, 15) is 44.7 Å². The van der Waals surface area contributed by atoms with Gasteiger partial charge in [0.1, 0.15) is 18.3 Å². The van der Waals surface area contributed by atoms with E-state index < -0.39 is 71.7 Å². The Morgan fingerprint density at radius 2 is 1.39 bits per heavy atom. The molecule has 3 rings (SSSR count). The first-order valence-corrected chi connectivity index (χ1v) is 19.7. The van der Waals surface area contributed by atoms with Crippen LogP contribution in [0.2, 0.25) is 0 Å². The summed E-state index contributed by atoms with van der Waals surface area (Å²) in [7, 11) is 0. The van der Waals surface area contributed by atoms with Crippen molar-refractivity contribution in [3.63, 3.8) is 0 Å². The van der Waals surface area contributed by atoms with Crippen molar-refractivity contribution in [1.82, 2.24) is 0 Å². The van der Waals surface area contributed by atoms with E-state index in [-0.39, 0.29) is 18.9 Å². The third kappa shape index (κ3) is 10.7. The van der Waals surface area contributed by atoms with Crippen molar-refractivity contribution < 1.29 is 63.7 Å². The van der Waals surface area contributed by atoms with E-state index in [1.165, 1.54) is 58.3 Å². The summed E-state index contributed by atoms with van der Waals surface area (Å²) >= 11 is 0. The number of esters is 1. The topological polar surface area (TPSA) is 206 Å². The molecule has 2 bridgehead atoms. The SMILES string of the molecule is C=C(CC[C@@]12O[C@H](C(=O)O)[C@@](O)(C(=O)O)[C@@](C(=O)O)(O1)[C@H](OCCCCCCCCCCCCCCCC)[C@H]2O)C(OC(C)=O)C(C)Cc1ccccc1. The molecule has 0 saturated carbocycles. The Labute approximate surface area is 319 Å². The summed E-state index contributed by atoms with van der Waals surface area (Å²) < 4.78 is 22.9. The Morgan fingerprint density at radius 3 is 1.87 bits per heavy atom. The third-order valence-electron chi connectivity index (χ3n) is 10.8. The molecule has 0 radical (unpaired) electrons. The van der Waals surface area contributed by atoms with Crippen molar-refractivity contribution in [3.8, 4) is 0 Å². The Hall–Kier alpha value is -3.36. The van der Waals surface area contributed by atoms with Crippen molar-refractivity contribution in [2.45, 2.75) is 171 Å². The number of carbonyl (C=O) groups is 4. The molecule has 8 atom stereocenters. The molecule has 0 spiro atoms. The molecular weight excluding hydrogens is 700 g/mol. The van der Waals surface area contributed by atoms with Gasteiger partial charge in [-0.2, -0.15) is 0 Å². The fourth-order valence-electron chi connectivity index (χ4n) is 7.86. The first-order valence-electron chi connectivity index (χ1n) is 19.7. The molecule has 2 aliphatic rings. The Morgan fingerprint density at radius 1 is 0.852 bits per heavy atom. The maximum Gasteiger partial charge on any atom is 0.343 e. The molecule has 1 aromatic rings. The predicted molar refractivity (Wildman–Crippen MR) is 199 cm³/mol. The van der Waals surface area contributed by atoms with Crippen LogP contribution in [0.3, 0.4) is 0 Å². The van der Waals surface area contributed by atoms with E-state index in [0.29, 0.717) is 24.8 Å². The highest BCUT2D eigenvalue weighted by molar-refractivity contribution is 5.97. The van der Waals surface area contributed by atoms with Crippen molar-refractivity contribution in [2.24, 2.45) is 5.92 Å². The van der Waals surface area contributed by atoms with Gasteiger partial charge in [-0.25, -0.2) is 14.4 Å². The number of carboxylic acids is 3. The number of aliphatic hydroxyl groups is 2. The zero-order chi connectivity index (χ0) is 39.9. The number of aliphatic hydroxyl groups excluding tert-OH is 1. The zero-order valence-electron chi connectivity index (χ0n) is 32.2. The predicted octanol–water partition coefficient (Wildman–Crippen LogP) is 6.21. The molecule has 2 fully saturated rings. The van der Waals surface area contributed by atoms with Gasteiger partial charge in [-0.3, -0.25) is 4.79 Å². The highest BCUT2D eigenvalue weighted by Gasteiger charge is 2.85. The van der Waals surface area contributed by atoms with Gasteiger partial charge in [0.25, 0.3) is 0 Å². The van der Waals surface area contributed by atoms with Gasteiger partial charge in [0.05, 0.1) is 0 Å². The standard InChI is InChI=1S/C41H62O13/c1-5-6-7-8-9-10-11-12-13-14-15-16-17-21-26-51-34-33(43)39(53-35(36(44)45)40(50,37(46)47)41(34,54-39)38(48)49)25-24-28(2)32(52-30(4)42)29(3)27-31-22-19-18-20-23-31/h18-20,22-23,29,32-35,43,50H,2,5-17,21,24-27H2,1,3-4H3,(H,44,45)(H,46,47)(H,48,49)/t29?,32?,33-,34-,35-,39-,40-,41-/m1/s1. The van der Waals surface area contributed by atoms with E-state index in [1.54, 1.807) is 0 Å². The van der Waals surface area contributed by atoms with Crippen LogP contribution in [0.4, 0.5) is 0 Å². The molecule has 0 aliphatic carbocycles. The molecule has 0 aromatic heterocycles. The first kappa shape index (κ1) is 45.0. The monoisotopic (exact) mass is 762 g/mol. The molecule has 1 aromatic carbocycles. The Balaban J connectivity index is 1.70. The lowest BCUT2D eigenvalue weighted by Gasteiger charge is -2.49. The number of ether oxygens (including phenoxy) is 4. The molecule has 2 unspecified atom stereocenters. The summed E-state index contributed by atoms with van der Waals surface area (Å²) in [5, 5.41) is 54.0. The normalized spacial score (nSPS) is 27.2. The Bertz CT molecular complexity index is 1380. The molecule has 2 saturated heterocycles. The number of fused-ring (bicyclic) bond motifs is 2. The van der Waals surface area contributed by atoms with Crippen LogP contribution < -0.4 is 0 Å². The Kier molecular flexibility index (Phi) is 17.6. The fourth-order valence-corrected chi connectivity index (χ4v) is 7.86. The van der Waals surface area contributed by atoms with Gasteiger partial charge in [-0.15, -0.1) is 0 Å². The maximum atomic E-state index is 13.0. The van der Waals surface area contributed by atoms with Crippen molar-refractivity contribution in [1.29, 1.82) is 0 Å².